The van der Waals surface area contributed by atoms with Crippen molar-refractivity contribution in [3.05, 3.63) is 71.3 Å². The standard InChI is InChI=1S/C26H29N3O3/c30-23(21-4-2-1-3-5-21)28-29-24(31)22-8-6-17(7-9-22)16-27-25(32)26-13-18-10-19(14-26)12-20(11-18)15-26/h1-9,18-20H,10-16H2,(H,27,32)(H,28,30)(H,29,31). The molecule has 2 aromatic rings. The van der Waals surface area contributed by atoms with Crippen molar-refractivity contribution in [3.63, 3.8) is 0 Å². The van der Waals surface area contributed by atoms with Crippen LogP contribution in [0.1, 0.15) is 64.8 Å². The first-order valence-corrected chi connectivity index (χ1v) is 11.5. The Kier molecular flexibility index (Phi) is 5.45. The van der Waals surface area contributed by atoms with Crippen molar-refractivity contribution in [2.75, 3.05) is 0 Å². The van der Waals surface area contributed by atoms with E-state index in [2.05, 4.69) is 16.2 Å². The van der Waals surface area contributed by atoms with Crippen molar-refractivity contribution in [3.8, 4) is 0 Å². The van der Waals surface area contributed by atoms with Gasteiger partial charge in [-0.15, -0.1) is 0 Å². The molecule has 3 amide bonds. The second kappa shape index (κ2) is 8.41. The highest BCUT2D eigenvalue weighted by Gasteiger charge is 2.54. The number of hydrogen-bond donors (Lipinski definition) is 3. The van der Waals surface area contributed by atoms with Gasteiger partial charge in [-0.2, -0.15) is 0 Å². The van der Waals surface area contributed by atoms with Gasteiger partial charge >= 0.3 is 0 Å². The average Bonchev–Trinajstić information content (AvgIpc) is 2.80. The van der Waals surface area contributed by atoms with Crippen LogP contribution in [0.5, 0.6) is 0 Å². The molecular formula is C26H29N3O3. The molecule has 0 aliphatic heterocycles. The average molecular weight is 432 g/mol. The number of amides is 3. The Balaban J connectivity index is 1.13. The number of rotatable bonds is 5. The van der Waals surface area contributed by atoms with Crippen molar-refractivity contribution in [1.29, 1.82) is 0 Å². The molecule has 32 heavy (non-hydrogen) atoms. The summed E-state index contributed by atoms with van der Waals surface area (Å²) in [6.45, 7) is 0.466. The zero-order chi connectivity index (χ0) is 22.1. The predicted octanol–water partition coefficient (Wildman–Crippen LogP) is 3.59. The topological polar surface area (TPSA) is 87.3 Å². The van der Waals surface area contributed by atoms with Gasteiger partial charge in [0.15, 0.2) is 0 Å². The highest BCUT2D eigenvalue weighted by Crippen LogP contribution is 2.60. The van der Waals surface area contributed by atoms with E-state index >= 15 is 0 Å². The maximum Gasteiger partial charge on any atom is 0.269 e. The zero-order valence-corrected chi connectivity index (χ0v) is 18.1. The van der Waals surface area contributed by atoms with E-state index in [1.807, 2.05) is 18.2 Å². The van der Waals surface area contributed by atoms with Crippen LogP contribution in [-0.4, -0.2) is 17.7 Å². The predicted molar refractivity (Wildman–Crippen MR) is 120 cm³/mol. The Bertz CT molecular complexity index is 981. The lowest BCUT2D eigenvalue weighted by molar-refractivity contribution is -0.146. The summed E-state index contributed by atoms with van der Waals surface area (Å²) in [5.41, 5.74) is 6.57. The molecule has 4 aliphatic rings. The Morgan fingerprint density at radius 1 is 0.719 bits per heavy atom. The fourth-order valence-corrected chi connectivity index (χ4v) is 6.38. The molecule has 4 fully saturated rings. The monoisotopic (exact) mass is 431 g/mol. The van der Waals surface area contributed by atoms with E-state index in [9.17, 15) is 14.4 Å². The van der Waals surface area contributed by atoms with Gasteiger partial charge in [0, 0.05) is 23.1 Å². The molecule has 6 rings (SSSR count). The van der Waals surface area contributed by atoms with Crippen LogP contribution >= 0.6 is 0 Å². The lowest BCUT2D eigenvalue weighted by atomic mass is 9.49. The Morgan fingerprint density at radius 3 is 1.75 bits per heavy atom. The van der Waals surface area contributed by atoms with Crippen molar-refractivity contribution >= 4 is 17.7 Å². The third-order valence-corrected chi connectivity index (χ3v) is 7.51. The highest BCUT2D eigenvalue weighted by atomic mass is 16.2. The second-order valence-electron chi connectivity index (χ2n) is 9.85. The quantitative estimate of drug-likeness (QED) is 0.632. The van der Waals surface area contributed by atoms with E-state index < -0.39 is 5.91 Å². The first kappa shape index (κ1) is 20.7. The minimum absolute atomic E-state index is 0.147. The molecule has 4 bridgehead atoms. The molecule has 0 aromatic heterocycles. The summed E-state index contributed by atoms with van der Waals surface area (Å²) in [6, 6.07) is 15.8. The largest absolute Gasteiger partial charge is 0.352 e. The van der Waals surface area contributed by atoms with Crippen molar-refractivity contribution < 1.29 is 14.4 Å². The smallest absolute Gasteiger partial charge is 0.269 e. The van der Waals surface area contributed by atoms with Crippen LogP contribution in [0, 0.1) is 23.2 Å². The van der Waals surface area contributed by atoms with Gasteiger partial charge in [0.2, 0.25) is 5.91 Å². The van der Waals surface area contributed by atoms with E-state index in [0.717, 1.165) is 42.6 Å². The SMILES string of the molecule is O=C(NNC(=O)c1ccc(CNC(=O)C23CC4CC(CC(C4)C2)C3)cc1)c1ccccc1. The van der Waals surface area contributed by atoms with Gasteiger partial charge < -0.3 is 5.32 Å². The summed E-state index contributed by atoms with van der Waals surface area (Å²) in [7, 11) is 0. The molecule has 6 nitrogen and oxygen atoms in total. The number of carbonyl (C=O) groups is 3. The first-order valence-electron chi connectivity index (χ1n) is 11.5. The lowest BCUT2D eigenvalue weighted by Crippen LogP contribution is -2.53. The number of nitrogens with one attached hydrogen (secondary N) is 3. The third-order valence-electron chi connectivity index (χ3n) is 7.51. The normalized spacial score (nSPS) is 27.6. The van der Waals surface area contributed by atoms with Crippen LogP contribution in [0.15, 0.2) is 54.6 Å². The summed E-state index contributed by atoms with van der Waals surface area (Å²) in [6.07, 6.45) is 7.13. The summed E-state index contributed by atoms with van der Waals surface area (Å²) in [5.74, 6) is 1.68. The van der Waals surface area contributed by atoms with E-state index in [-0.39, 0.29) is 17.2 Å². The van der Waals surface area contributed by atoms with E-state index in [4.69, 9.17) is 0 Å². The molecule has 3 N–H and O–H groups in total. The summed E-state index contributed by atoms with van der Waals surface area (Å²) >= 11 is 0. The number of carbonyl (C=O) groups excluding carboxylic acids is 3. The molecule has 0 atom stereocenters. The Labute approximate surface area is 188 Å². The van der Waals surface area contributed by atoms with E-state index in [1.165, 1.54) is 19.3 Å². The van der Waals surface area contributed by atoms with Crippen LogP contribution in [0.2, 0.25) is 0 Å². The van der Waals surface area contributed by atoms with Gasteiger partial charge in [-0.3, -0.25) is 25.2 Å². The molecule has 4 aliphatic carbocycles. The molecule has 0 radical (unpaired) electrons. The second-order valence-corrected chi connectivity index (χ2v) is 9.85. The first-order chi connectivity index (χ1) is 15.5. The zero-order valence-electron chi connectivity index (χ0n) is 18.1. The van der Waals surface area contributed by atoms with Crippen LogP contribution in [0.3, 0.4) is 0 Å². The van der Waals surface area contributed by atoms with Gasteiger partial charge in [0.1, 0.15) is 0 Å². The van der Waals surface area contributed by atoms with Crippen LogP contribution in [0.4, 0.5) is 0 Å². The van der Waals surface area contributed by atoms with Gasteiger partial charge in [-0.25, -0.2) is 0 Å². The molecule has 0 spiro atoms. The maximum atomic E-state index is 13.1. The molecule has 0 saturated heterocycles. The van der Waals surface area contributed by atoms with E-state index in [1.54, 1.807) is 36.4 Å². The molecule has 6 heteroatoms. The fourth-order valence-electron chi connectivity index (χ4n) is 6.38. The van der Waals surface area contributed by atoms with Gasteiger partial charge in [-0.1, -0.05) is 30.3 Å². The molecule has 166 valence electrons. The minimum atomic E-state index is -0.390. The summed E-state index contributed by atoms with van der Waals surface area (Å²) in [4.78, 5) is 37.5. The van der Waals surface area contributed by atoms with Gasteiger partial charge in [-0.05, 0) is 86.1 Å². The molecule has 4 saturated carbocycles. The molecule has 0 heterocycles. The number of hydrogen-bond acceptors (Lipinski definition) is 3. The summed E-state index contributed by atoms with van der Waals surface area (Å²) in [5, 5.41) is 3.17. The Morgan fingerprint density at radius 2 is 1.22 bits per heavy atom. The molecular weight excluding hydrogens is 402 g/mol. The van der Waals surface area contributed by atoms with Crippen molar-refractivity contribution in [1.82, 2.24) is 16.2 Å². The van der Waals surface area contributed by atoms with Crippen LogP contribution < -0.4 is 16.2 Å². The highest BCUT2D eigenvalue weighted by molar-refractivity contribution is 5.99. The molecule has 0 unspecified atom stereocenters. The fraction of sp³-hybridized carbons (Fsp3) is 0.423. The van der Waals surface area contributed by atoms with Crippen LogP contribution in [-0.2, 0) is 11.3 Å². The van der Waals surface area contributed by atoms with Crippen molar-refractivity contribution in [2.45, 2.75) is 45.1 Å². The van der Waals surface area contributed by atoms with Gasteiger partial charge in [0.25, 0.3) is 11.8 Å². The minimum Gasteiger partial charge on any atom is -0.352 e. The van der Waals surface area contributed by atoms with Crippen molar-refractivity contribution in [2.24, 2.45) is 23.2 Å². The van der Waals surface area contributed by atoms with Crippen LogP contribution in [0.25, 0.3) is 0 Å². The lowest BCUT2D eigenvalue weighted by Gasteiger charge is -2.55. The number of hydrazine groups is 1. The summed E-state index contributed by atoms with van der Waals surface area (Å²) < 4.78 is 0. The number of benzene rings is 2. The van der Waals surface area contributed by atoms with Gasteiger partial charge in [0.05, 0.1) is 0 Å². The van der Waals surface area contributed by atoms with E-state index in [0.29, 0.717) is 17.7 Å². The third kappa shape index (κ3) is 4.14. The molecule has 2 aromatic carbocycles. The maximum absolute atomic E-state index is 13.1. The Hall–Kier alpha value is -3.15.